The number of fused-ring (bicyclic) bond motifs is 1. The molecule has 4 heterocycles. The number of amides is 2. The Morgan fingerprint density at radius 3 is 2.91 bits per heavy atom. The van der Waals surface area contributed by atoms with E-state index in [1.807, 2.05) is 0 Å². The average Bonchev–Trinajstić information content (AvgIpc) is 3.46. The van der Waals surface area contributed by atoms with E-state index in [9.17, 15) is 19.5 Å². The number of aliphatic carboxylic acids is 1. The first-order chi connectivity index (χ1) is 16.8. The fraction of sp³-hybridized carbons (Fsp3) is 0.529. The number of nitrogens with two attached hydrogens (primary N) is 1. The topological polar surface area (TPSA) is 211 Å². The molecule has 2 saturated heterocycles. The van der Waals surface area contributed by atoms with Crippen LogP contribution in [0.3, 0.4) is 0 Å². The maximum absolute atomic E-state index is 12.9. The third kappa shape index (κ3) is 5.04. The number of hydrogen-bond donors (Lipinski definition) is 4. The van der Waals surface area contributed by atoms with Crippen molar-refractivity contribution in [1.82, 2.24) is 35.4 Å². The van der Waals surface area contributed by atoms with E-state index >= 15 is 0 Å². The van der Waals surface area contributed by atoms with Gasteiger partial charge in [-0.25, -0.2) is 9.67 Å². The summed E-state index contributed by atoms with van der Waals surface area (Å²) in [5.74, 6) is -1.73. The predicted molar refractivity (Wildman–Crippen MR) is 126 cm³/mol. The smallest absolute Gasteiger partial charge is 0.313 e. The van der Waals surface area contributed by atoms with E-state index in [1.165, 1.54) is 38.5 Å². The quantitative estimate of drug-likeness (QED) is 0.0859. The number of aromatic nitrogens is 5. The second kappa shape index (κ2) is 10.3. The third-order valence-electron chi connectivity index (χ3n) is 5.26. The molecule has 2 fully saturated rings. The number of rotatable bonds is 10. The second-order valence-electron chi connectivity index (χ2n) is 7.65. The molecule has 15 nitrogen and oxygen atoms in total. The van der Waals surface area contributed by atoms with E-state index < -0.39 is 34.6 Å². The third-order valence-corrected chi connectivity index (χ3v) is 8.82. The van der Waals surface area contributed by atoms with Crippen molar-refractivity contribution in [2.45, 2.75) is 16.6 Å². The van der Waals surface area contributed by atoms with Gasteiger partial charge in [-0.1, -0.05) is 16.9 Å². The molecule has 188 valence electrons. The van der Waals surface area contributed by atoms with Crippen LogP contribution in [-0.2, 0) is 26.3 Å². The van der Waals surface area contributed by atoms with E-state index in [2.05, 4.69) is 31.0 Å². The Morgan fingerprint density at radius 1 is 1.49 bits per heavy atom. The number of carbonyl (C=O) groups is 3. The number of carboxylic acid groups (broad SMARTS) is 1. The summed E-state index contributed by atoms with van der Waals surface area (Å²) in [7, 11) is 1.65. The summed E-state index contributed by atoms with van der Waals surface area (Å²) in [6.45, 7) is -0.444. The Bertz CT molecular complexity index is 1160. The van der Waals surface area contributed by atoms with Crippen molar-refractivity contribution >= 4 is 63.5 Å². The molecule has 2 aliphatic heterocycles. The standard InChI is InChI=1S/C17H21N9O6S3/c1-25-16(21-23-24-25)35-7-17(14(30)31)5-26-12(29)10(13(26)34-6-17)20-11(28)9(22-32-3-2-27)8-4-33-15(18)19-8/h4,10,13,27H,2-3,5-7H2,1H3,(H2,18,19)(H,20,28)(H,30,31)/t10?,13-,17?/m1/s1. The van der Waals surface area contributed by atoms with Gasteiger partial charge in [0.2, 0.25) is 11.1 Å². The molecule has 0 bridgehead atoms. The summed E-state index contributed by atoms with van der Waals surface area (Å²) in [4.78, 5) is 48.4. The number of carboxylic acids is 1. The molecule has 4 rings (SSSR count). The van der Waals surface area contributed by atoms with Gasteiger partial charge in [-0.2, -0.15) is 0 Å². The van der Waals surface area contributed by atoms with E-state index in [4.69, 9.17) is 15.7 Å². The van der Waals surface area contributed by atoms with Crippen LogP contribution in [0.2, 0.25) is 0 Å². The van der Waals surface area contributed by atoms with Crippen LogP contribution < -0.4 is 11.1 Å². The van der Waals surface area contributed by atoms with Crippen LogP contribution >= 0.6 is 34.9 Å². The molecule has 5 N–H and O–H groups in total. The van der Waals surface area contributed by atoms with Crippen molar-refractivity contribution in [2.24, 2.45) is 17.6 Å². The predicted octanol–water partition coefficient (Wildman–Crippen LogP) is -1.77. The Morgan fingerprint density at radius 2 is 2.29 bits per heavy atom. The fourth-order valence-corrected chi connectivity index (χ4v) is 6.67. The Labute approximate surface area is 210 Å². The first-order valence-corrected chi connectivity index (χ1v) is 13.0. The highest BCUT2D eigenvalue weighted by Gasteiger charge is 2.57. The number of aliphatic hydroxyl groups excluding tert-OH is 1. The van der Waals surface area contributed by atoms with Gasteiger partial charge in [0.05, 0.1) is 6.61 Å². The monoisotopic (exact) mass is 543 g/mol. The van der Waals surface area contributed by atoms with Gasteiger partial charge in [0.1, 0.15) is 29.1 Å². The van der Waals surface area contributed by atoms with Gasteiger partial charge in [-0.3, -0.25) is 14.4 Å². The number of oxime groups is 1. The van der Waals surface area contributed by atoms with E-state index in [0.717, 1.165) is 11.3 Å². The summed E-state index contributed by atoms with van der Waals surface area (Å²) >= 11 is 3.58. The highest BCUT2D eigenvalue weighted by Crippen LogP contribution is 2.44. The zero-order valence-electron chi connectivity index (χ0n) is 18.2. The number of aliphatic hydroxyl groups is 1. The highest BCUT2D eigenvalue weighted by molar-refractivity contribution is 8.00. The maximum Gasteiger partial charge on any atom is 0.313 e. The number of thioether (sulfide) groups is 2. The lowest BCUT2D eigenvalue weighted by Gasteiger charge is -2.53. The number of nitrogens with zero attached hydrogens (tertiary/aromatic N) is 7. The van der Waals surface area contributed by atoms with Gasteiger partial charge in [0, 0.05) is 30.5 Å². The minimum atomic E-state index is -1.20. The summed E-state index contributed by atoms with van der Waals surface area (Å²) in [6.07, 6.45) is 0. The maximum atomic E-state index is 12.9. The molecule has 0 spiro atoms. The van der Waals surface area contributed by atoms with E-state index in [0.29, 0.717) is 5.16 Å². The Kier molecular flexibility index (Phi) is 7.43. The van der Waals surface area contributed by atoms with Crippen LogP contribution in [0.1, 0.15) is 5.69 Å². The molecule has 18 heteroatoms. The largest absolute Gasteiger partial charge is 0.481 e. The van der Waals surface area contributed by atoms with Crippen LogP contribution in [0, 0.1) is 5.41 Å². The lowest BCUT2D eigenvalue weighted by molar-refractivity contribution is -0.157. The molecule has 0 aromatic carbocycles. The summed E-state index contributed by atoms with van der Waals surface area (Å²) in [6, 6.07) is -0.867. The van der Waals surface area contributed by atoms with Gasteiger partial charge in [0.25, 0.3) is 5.91 Å². The highest BCUT2D eigenvalue weighted by atomic mass is 32.2. The lowest BCUT2D eigenvalue weighted by Crippen LogP contribution is -2.74. The molecule has 2 unspecified atom stereocenters. The van der Waals surface area contributed by atoms with Crippen molar-refractivity contribution in [1.29, 1.82) is 0 Å². The van der Waals surface area contributed by atoms with Crippen LogP contribution in [0.25, 0.3) is 0 Å². The number of hydrogen-bond acceptors (Lipinski definition) is 14. The number of aryl methyl sites for hydroxylation is 1. The molecule has 2 aliphatic rings. The molecule has 3 atom stereocenters. The minimum absolute atomic E-state index is 0.00728. The van der Waals surface area contributed by atoms with Crippen LogP contribution in [0.15, 0.2) is 15.7 Å². The van der Waals surface area contributed by atoms with Gasteiger partial charge >= 0.3 is 5.97 Å². The average molecular weight is 544 g/mol. The molecule has 0 aliphatic carbocycles. The second-order valence-corrected chi connectivity index (χ2v) is 10.6. The van der Waals surface area contributed by atoms with Gasteiger partial charge in [-0.05, 0) is 10.4 Å². The van der Waals surface area contributed by atoms with Crippen molar-refractivity contribution in [3.8, 4) is 0 Å². The van der Waals surface area contributed by atoms with Crippen molar-refractivity contribution in [3.05, 3.63) is 11.1 Å². The Balaban J connectivity index is 1.43. The van der Waals surface area contributed by atoms with Gasteiger partial charge < -0.3 is 31.0 Å². The number of β-lactam (4-membered cyclic amide) rings is 1. The first-order valence-electron chi connectivity index (χ1n) is 10.1. The fourth-order valence-electron chi connectivity index (χ4n) is 3.41. The van der Waals surface area contributed by atoms with Crippen molar-refractivity contribution in [3.63, 3.8) is 0 Å². The van der Waals surface area contributed by atoms with E-state index in [1.54, 1.807) is 7.05 Å². The van der Waals surface area contributed by atoms with Crippen molar-refractivity contribution < 1.29 is 29.4 Å². The lowest BCUT2D eigenvalue weighted by atomic mass is 9.89. The van der Waals surface area contributed by atoms with Crippen molar-refractivity contribution in [2.75, 3.05) is 37.0 Å². The van der Waals surface area contributed by atoms with Crippen LogP contribution in [0.5, 0.6) is 0 Å². The molecule has 2 aromatic rings. The summed E-state index contributed by atoms with van der Waals surface area (Å²) in [5, 5.41) is 38.1. The SMILES string of the molecule is Cn1nnnc1SCC1(C(=O)O)CS[C@@H]2C(NC(=O)C(=NOCCO)c3csc(N)n3)C(=O)N2C1. The molecule has 0 radical (unpaired) electrons. The number of anilines is 1. The van der Waals surface area contributed by atoms with Gasteiger partial charge in [-0.15, -0.1) is 28.2 Å². The van der Waals surface area contributed by atoms with E-state index in [-0.39, 0.29) is 47.8 Å². The zero-order chi connectivity index (χ0) is 25.2. The molecule has 35 heavy (non-hydrogen) atoms. The zero-order valence-corrected chi connectivity index (χ0v) is 20.7. The van der Waals surface area contributed by atoms with Crippen LogP contribution in [0.4, 0.5) is 5.13 Å². The molecule has 2 aromatic heterocycles. The molecule has 2 amide bonds. The minimum Gasteiger partial charge on any atom is -0.481 e. The van der Waals surface area contributed by atoms with Gasteiger partial charge in [0.15, 0.2) is 10.8 Å². The number of thiazole rings is 1. The molecular formula is C17H21N9O6S3. The number of tetrazole rings is 1. The summed E-state index contributed by atoms with van der Waals surface area (Å²) in [5.41, 5.74) is 4.43. The Hall–Kier alpha value is -2.96. The summed E-state index contributed by atoms with van der Waals surface area (Å²) < 4.78 is 1.44. The molecule has 0 saturated carbocycles. The number of nitrogen functional groups attached to an aromatic ring is 1. The number of nitrogens with one attached hydrogen (secondary N) is 1. The van der Waals surface area contributed by atoms with Crippen LogP contribution in [-0.4, -0.2) is 106 Å². The first kappa shape index (κ1) is 25.1. The number of carbonyl (C=O) groups excluding carboxylic acids is 2. The molecular weight excluding hydrogens is 522 g/mol. The normalized spacial score (nSPS) is 24.0.